The van der Waals surface area contributed by atoms with Gasteiger partial charge in [-0.15, -0.1) is 0 Å². The summed E-state index contributed by atoms with van der Waals surface area (Å²) in [6.45, 7) is 2.76. The van der Waals surface area contributed by atoms with Crippen molar-refractivity contribution in [2.45, 2.75) is 47.9 Å². The minimum Gasteiger partial charge on any atom is -0.390 e. The molecule has 2 atom stereocenters. The Bertz CT molecular complexity index is 1050. The number of aliphatic hydroxyl groups is 1. The number of hydrogen-bond acceptors (Lipinski definition) is 5. The number of anilines is 2. The monoisotopic (exact) mass is 426 g/mol. The molecule has 5 nitrogen and oxygen atoms in total. The van der Waals surface area contributed by atoms with Crippen molar-refractivity contribution in [2.75, 3.05) is 18.0 Å². The summed E-state index contributed by atoms with van der Waals surface area (Å²) in [7, 11) is -4.14. The van der Waals surface area contributed by atoms with Crippen molar-refractivity contribution >= 4 is 21.2 Å². The number of rotatable bonds is 1. The molecule has 1 saturated heterocycles. The van der Waals surface area contributed by atoms with E-state index in [0.29, 0.717) is 36.8 Å². The number of benzene rings is 2. The average molecular weight is 426 g/mol. The zero-order valence-electron chi connectivity index (χ0n) is 15.7. The first-order chi connectivity index (χ1) is 13.6. The molecule has 29 heavy (non-hydrogen) atoms. The van der Waals surface area contributed by atoms with Gasteiger partial charge >= 0.3 is 6.18 Å². The maximum atomic E-state index is 13.3. The lowest BCUT2D eigenvalue weighted by molar-refractivity contribution is -0.137. The van der Waals surface area contributed by atoms with Crippen LogP contribution in [0, 0.1) is 6.92 Å². The van der Waals surface area contributed by atoms with Gasteiger partial charge in [-0.2, -0.15) is 13.2 Å². The molecule has 2 aliphatic rings. The van der Waals surface area contributed by atoms with Crippen LogP contribution >= 0.6 is 0 Å². The topological polar surface area (TPSA) is 69.6 Å². The van der Waals surface area contributed by atoms with E-state index in [9.17, 15) is 26.7 Å². The van der Waals surface area contributed by atoms with E-state index in [1.807, 2.05) is 0 Å². The molecule has 9 heteroatoms. The summed E-state index contributed by atoms with van der Waals surface area (Å²) in [4.78, 5) is 1.28. The molecule has 2 aromatic carbocycles. The van der Waals surface area contributed by atoms with Gasteiger partial charge in [0.05, 0.1) is 38.9 Å². The fourth-order valence-corrected chi connectivity index (χ4v) is 5.81. The summed E-state index contributed by atoms with van der Waals surface area (Å²) < 4.78 is 66.3. The third-order valence-electron chi connectivity index (χ3n) is 5.48. The van der Waals surface area contributed by atoms with Crippen molar-refractivity contribution in [1.29, 1.82) is 0 Å². The predicted octanol–water partition coefficient (Wildman–Crippen LogP) is 3.41. The smallest absolute Gasteiger partial charge is 0.390 e. The Hall–Kier alpha value is -2.10. The lowest BCUT2D eigenvalue weighted by Crippen LogP contribution is -2.45. The number of hydrogen-bond donors (Lipinski definition) is 2. The van der Waals surface area contributed by atoms with E-state index in [-0.39, 0.29) is 15.5 Å². The molecule has 1 fully saturated rings. The van der Waals surface area contributed by atoms with Gasteiger partial charge in [-0.25, -0.2) is 8.42 Å². The number of aliphatic hydroxyl groups excluding tert-OH is 1. The molecule has 2 aromatic rings. The highest BCUT2D eigenvalue weighted by atomic mass is 32.2. The molecule has 156 valence electrons. The van der Waals surface area contributed by atoms with E-state index in [1.54, 1.807) is 24.0 Å². The van der Waals surface area contributed by atoms with Crippen molar-refractivity contribution in [3.05, 3.63) is 47.5 Å². The lowest BCUT2D eigenvalue weighted by Gasteiger charge is -2.40. The van der Waals surface area contributed by atoms with Gasteiger partial charge in [0.15, 0.2) is 0 Å². The predicted molar refractivity (Wildman–Crippen MR) is 102 cm³/mol. The van der Waals surface area contributed by atoms with E-state index < -0.39 is 33.7 Å². The van der Waals surface area contributed by atoms with Crippen molar-refractivity contribution < 1.29 is 26.7 Å². The molecule has 0 saturated carbocycles. The Labute approximate surface area is 167 Å². The van der Waals surface area contributed by atoms with Crippen molar-refractivity contribution in [1.82, 2.24) is 5.32 Å². The van der Waals surface area contributed by atoms with Crippen LogP contribution in [0.25, 0.3) is 0 Å². The SMILES string of the molecule is Cc1ccc2c(c1)S(=O)(=O)c1cc(C(F)(F)F)ccc1N2[C@H]1CCCNC[C@@H]1O. The number of aryl methyl sites for hydroxylation is 1. The molecule has 2 aliphatic heterocycles. The van der Waals surface area contributed by atoms with Crippen LogP contribution in [0.5, 0.6) is 0 Å². The third kappa shape index (κ3) is 3.41. The quantitative estimate of drug-likeness (QED) is 0.732. The molecule has 0 spiro atoms. The van der Waals surface area contributed by atoms with Gasteiger partial charge in [-0.05, 0) is 62.2 Å². The fraction of sp³-hybridized carbons (Fsp3) is 0.400. The normalized spacial score (nSPS) is 23.8. The Balaban J connectivity index is 1.98. The van der Waals surface area contributed by atoms with E-state index >= 15 is 0 Å². The van der Waals surface area contributed by atoms with Crippen LogP contribution in [-0.2, 0) is 16.0 Å². The lowest BCUT2D eigenvalue weighted by atomic mass is 10.0. The molecule has 0 aromatic heterocycles. The Morgan fingerprint density at radius 1 is 1.10 bits per heavy atom. The maximum absolute atomic E-state index is 13.3. The first kappa shape index (κ1) is 20.2. The van der Waals surface area contributed by atoms with E-state index in [1.165, 1.54) is 12.1 Å². The first-order valence-corrected chi connectivity index (χ1v) is 10.8. The van der Waals surface area contributed by atoms with E-state index in [2.05, 4.69) is 5.32 Å². The van der Waals surface area contributed by atoms with Crippen LogP contribution in [0.3, 0.4) is 0 Å². The molecule has 2 heterocycles. The zero-order valence-corrected chi connectivity index (χ0v) is 16.5. The largest absolute Gasteiger partial charge is 0.416 e. The minimum absolute atomic E-state index is 0.0336. The van der Waals surface area contributed by atoms with Gasteiger partial charge in [0.1, 0.15) is 0 Å². The second-order valence-corrected chi connectivity index (χ2v) is 9.39. The van der Waals surface area contributed by atoms with Crippen LogP contribution in [0.4, 0.5) is 24.5 Å². The fourth-order valence-electron chi connectivity index (χ4n) is 4.06. The summed E-state index contributed by atoms with van der Waals surface area (Å²) in [6.07, 6.45) is -4.14. The molecule has 0 unspecified atom stereocenters. The van der Waals surface area contributed by atoms with Crippen molar-refractivity contribution in [2.24, 2.45) is 0 Å². The highest BCUT2D eigenvalue weighted by Crippen LogP contribution is 2.48. The van der Waals surface area contributed by atoms with Gasteiger partial charge in [0, 0.05) is 6.54 Å². The molecular formula is C20H21F3N2O3S. The summed E-state index contributed by atoms with van der Waals surface area (Å²) in [5.74, 6) is 0. The Kier molecular flexibility index (Phi) is 4.87. The minimum atomic E-state index is -4.66. The van der Waals surface area contributed by atoms with Crippen LogP contribution < -0.4 is 10.2 Å². The number of nitrogens with zero attached hydrogens (tertiary/aromatic N) is 1. The zero-order chi connectivity index (χ0) is 21.0. The summed E-state index contributed by atoms with van der Waals surface area (Å²) >= 11 is 0. The highest BCUT2D eigenvalue weighted by molar-refractivity contribution is 7.92. The molecule has 0 aliphatic carbocycles. The summed E-state index contributed by atoms with van der Waals surface area (Å²) in [6, 6.07) is 7.22. The second kappa shape index (κ2) is 7.00. The molecular weight excluding hydrogens is 405 g/mol. The molecule has 0 amide bonds. The van der Waals surface area contributed by atoms with Crippen LogP contribution in [0.2, 0.25) is 0 Å². The van der Waals surface area contributed by atoms with Gasteiger partial charge in [-0.1, -0.05) is 6.07 Å². The van der Waals surface area contributed by atoms with Gasteiger partial charge in [0.2, 0.25) is 9.84 Å². The maximum Gasteiger partial charge on any atom is 0.416 e. The summed E-state index contributed by atoms with van der Waals surface area (Å²) in [5.41, 5.74) is 0.221. The highest BCUT2D eigenvalue weighted by Gasteiger charge is 2.41. The Morgan fingerprint density at radius 2 is 1.76 bits per heavy atom. The second-order valence-electron chi connectivity index (χ2n) is 7.51. The van der Waals surface area contributed by atoms with E-state index in [0.717, 1.165) is 12.5 Å². The number of sulfone groups is 1. The summed E-state index contributed by atoms with van der Waals surface area (Å²) in [5, 5.41) is 13.8. The first-order valence-electron chi connectivity index (χ1n) is 9.36. The van der Waals surface area contributed by atoms with Crippen LogP contribution in [0.15, 0.2) is 46.2 Å². The molecule has 0 bridgehead atoms. The average Bonchev–Trinajstić information content (AvgIpc) is 2.86. The number of fused-ring (bicyclic) bond motifs is 2. The van der Waals surface area contributed by atoms with Gasteiger partial charge in [-0.3, -0.25) is 0 Å². The van der Waals surface area contributed by atoms with Crippen LogP contribution in [0.1, 0.15) is 24.0 Å². The van der Waals surface area contributed by atoms with Gasteiger partial charge < -0.3 is 15.3 Å². The van der Waals surface area contributed by atoms with Crippen molar-refractivity contribution in [3.8, 4) is 0 Å². The molecule has 2 N–H and O–H groups in total. The molecule has 4 rings (SSSR count). The third-order valence-corrected chi connectivity index (χ3v) is 7.30. The number of halogens is 3. The van der Waals surface area contributed by atoms with E-state index in [4.69, 9.17) is 0 Å². The van der Waals surface area contributed by atoms with Gasteiger partial charge in [0.25, 0.3) is 0 Å². The number of β-amino-alcohol motifs (C(OH)–C–C–N with tert-alkyl or cyclic N) is 1. The standard InChI is InChI=1S/C20H21F3N2O3S/c1-12-4-6-15-18(9-12)29(27,28)19-10-13(20(21,22)23)5-7-16(19)25(15)14-3-2-8-24-11-17(14)26/h4-7,9-10,14,17,24,26H,2-3,8,11H2,1H3/t14-,17-/m0/s1. The van der Waals surface area contributed by atoms with Crippen molar-refractivity contribution in [3.63, 3.8) is 0 Å². The number of nitrogens with one attached hydrogen (secondary N) is 1. The van der Waals surface area contributed by atoms with Crippen LogP contribution in [-0.4, -0.2) is 38.8 Å². The number of alkyl halides is 3. The Morgan fingerprint density at radius 3 is 2.45 bits per heavy atom. The molecule has 0 radical (unpaired) electrons.